The molecule has 0 radical (unpaired) electrons. The Bertz CT molecular complexity index is 817. The molecule has 8 heteroatoms. The van der Waals surface area contributed by atoms with Crippen molar-refractivity contribution in [1.29, 1.82) is 0 Å². The smallest absolute Gasteiger partial charge is 0.254 e. The normalized spacial score (nSPS) is 10.4. The Hall–Kier alpha value is -2.67. The Morgan fingerprint density at radius 3 is 2.67 bits per heavy atom. The van der Waals surface area contributed by atoms with E-state index in [-0.39, 0.29) is 31.0 Å². The quantitative estimate of drug-likeness (QED) is 0.745. The van der Waals surface area contributed by atoms with Crippen molar-refractivity contribution in [2.75, 3.05) is 26.7 Å². The van der Waals surface area contributed by atoms with E-state index in [1.54, 1.807) is 31.3 Å². The van der Waals surface area contributed by atoms with Crippen LogP contribution in [0.4, 0.5) is 8.78 Å². The minimum Gasteiger partial charge on any atom is -0.492 e. The topological polar surface area (TPSA) is 58.6 Å². The molecule has 0 aliphatic carbocycles. The zero-order valence-corrected chi connectivity index (χ0v) is 15.4. The number of benzene rings is 2. The van der Waals surface area contributed by atoms with Crippen LogP contribution in [0.5, 0.6) is 5.75 Å². The van der Waals surface area contributed by atoms with Crippen LogP contribution in [0, 0.1) is 11.6 Å². The van der Waals surface area contributed by atoms with Crippen molar-refractivity contribution in [3.8, 4) is 5.75 Å². The molecule has 144 valence electrons. The van der Waals surface area contributed by atoms with Gasteiger partial charge in [0.25, 0.3) is 5.91 Å². The molecule has 2 amide bonds. The lowest BCUT2D eigenvalue weighted by Gasteiger charge is -2.17. The van der Waals surface area contributed by atoms with E-state index in [2.05, 4.69) is 5.32 Å². The largest absolute Gasteiger partial charge is 0.492 e. The third-order valence-corrected chi connectivity index (χ3v) is 3.95. The highest BCUT2D eigenvalue weighted by Gasteiger charge is 2.14. The molecule has 0 aliphatic heterocycles. The molecular formula is C19H19ClF2N2O3. The Balaban J connectivity index is 1.70. The summed E-state index contributed by atoms with van der Waals surface area (Å²) in [6, 6.07) is 9.62. The van der Waals surface area contributed by atoms with Crippen LogP contribution >= 0.6 is 11.6 Å². The van der Waals surface area contributed by atoms with Crippen LogP contribution in [0.25, 0.3) is 0 Å². The molecule has 0 saturated carbocycles. The molecule has 5 nitrogen and oxygen atoms in total. The van der Waals surface area contributed by atoms with E-state index in [0.29, 0.717) is 23.4 Å². The number of carbonyl (C=O) groups excluding carboxylic acids is 2. The van der Waals surface area contributed by atoms with Gasteiger partial charge in [-0.2, -0.15) is 0 Å². The van der Waals surface area contributed by atoms with Gasteiger partial charge in [0.15, 0.2) is 0 Å². The van der Waals surface area contributed by atoms with Crippen molar-refractivity contribution in [3.05, 3.63) is 64.7 Å². The number of rotatable bonds is 8. The summed E-state index contributed by atoms with van der Waals surface area (Å²) in [7, 11) is 1.62. The lowest BCUT2D eigenvalue weighted by atomic mass is 10.2. The molecule has 2 aromatic carbocycles. The van der Waals surface area contributed by atoms with Gasteiger partial charge in [0.1, 0.15) is 24.0 Å². The zero-order chi connectivity index (χ0) is 19.8. The van der Waals surface area contributed by atoms with Crippen LogP contribution in [0.15, 0.2) is 42.5 Å². The highest BCUT2D eigenvalue weighted by Crippen LogP contribution is 2.16. The number of halogens is 3. The van der Waals surface area contributed by atoms with E-state index in [1.807, 2.05) is 0 Å². The lowest BCUT2D eigenvalue weighted by molar-refractivity contribution is -0.130. The Kier molecular flexibility index (Phi) is 7.55. The van der Waals surface area contributed by atoms with E-state index in [9.17, 15) is 18.4 Å². The molecule has 0 spiro atoms. The fourth-order valence-electron chi connectivity index (χ4n) is 2.22. The number of nitrogens with zero attached hydrogens (tertiary/aromatic N) is 1. The van der Waals surface area contributed by atoms with Gasteiger partial charge in [0, 0.05) is 31.1 Å². The molecule has 0 bridgehead atoms. The molecule has 0 aromatic heterocycles. The molecule has 2 rings (SSSR count). The second-order valence-corrected chi connectivity index (χ2v) is 6.19. The predicted molar refractivity (Wildman–Crippen MR) is 97.9 cm³/mol. The Labute approximate surface area is 160 Å². The first kappa shape index (κ1) is 20.6. The second kappa shape index (κ2) is 9.87. The SMILES string of the molecule is CN(CCOc1cccc(Cl)c1)C(=O)CCNC(=O)c1ccc(F)cc1F. The van der Waals surface area contributed by atoms with Crippen LogP contribution in [-0.2, 0) is 4.79 Å². The van der Waals surface area contributed by atoms with E-state index in [0.717, 1.165) is 12.1 Å². The zero-order valence-electron chi connectivity index (χ0n) is 14.7. The van der Waals surface area contributed by atoms with Gasteiger partial charge in [-0.1, -0.05) is 17.7 Å². The molecular weight excluding hydrogens is 378 g/mol. The van der Waals surface area contributed by atoms with E-state index >= 15 is 0 Å². The van der Waals surface area contributed by atoms with Crippen LogP contribution in [0.1, 0.15) is 16.8 Å². The minimum atomic E-state index is -0.950. The third-order valence-electron chi connectivity index (χ3n) is 3.72. The number of hydrogen-bond donors (Lipinski definition) is 1. The number of amides is 2. The number of ether oxygens (including phenoxy) is 1. The molecule has 27 heavy (non-hydrogen) atoms. The van der Waals surface area contributed by atoms with Gasteiger partial charge < -0.3 is 15.0 Å². The average molecular weight is 397 g/mol. The van der Waals surface area contributed by atoms with E-state index in [4.69, 9.17) is 16.3 Å². The molecule has 0 unspecified atom stereocenters. The van der Waals surface area contributed by atoms with Crippen molar-refractivity contribution in [2.45, 2.75) is 6.42 Å². The minimum absolute atomic E-state index is 0.0357. The van der Waals surface area contributed by atoms with Crippen molar-refractivity contribution in [2.24, 2.45) is 0 Å². The summed E-state index contributed by atoms with van der Waals surface area (Å²) in [5.41, 5.74) is -0.271. The lowest BCUT2D eigenvalue weighted by Crippen LogP contribution is -2.34. The third kappa shape index (κ3) is 6.53. The highest BCUT2D eigenvalue weighted by atomic mass is 35.5. The highest BCUT2D eigenvalue weighted by molar-refractivity contribution is 6.30. The summed E-state index contributed by atoms with van der Waals surface area (Å²) in [6.07, 6.45) is 0.0439. The van der Waals surface area contributed by atoms with E-state index < -0.39 is 17.5 Å². The molecule has 0 heterocycles. The number of nitrogens with one attached hydrogen (secondary N) is 1. The van der Waals surface area contributed by atoms with E-state index in [1.165, 1.54) is 4.90 Å². The number of likely N-dealkylation sites (N-methyl/N-ethyl adjacent to an activating group) is 1. The fraction of sp³-hybridized carbons (Fsp3) is 0.263. The summed E-state index contributed by atoms with van der Waals surface area (Å²) < 4.78 is 31.9. The van der Waals surface area contributed by atoms with Crippen LogP contribution < -0.4 is 10.1 Å². The van der Waals surface area contributed by atoms with Gasteiger partial charge in [-0.25, -0.2) is 8.78 Å². The van der Waals surface area contributed by atoms with Crippen molar-refractivity contribution < 1.29 is 23.1 Å². The van der Waals surface area contributed by atoms with Gasteiger partial charge in [0.2, 0.25) is 5.91 Å². The van der Waals surface area contributed by atoms with Crippen molar-refractivity contribution in [1.82, 2.24) is 10.2 Å². The summed E-state index contributed by atoms with van der Waals surface area (Å²) >= 11 is 5.86. The first-order valence-electron chi connectivity index (χ1n) is 8.22. The van der Waals surface area contributed by atoms with Crippen molar-refractivity contribution in [3.63, 3.8) is 0 Å². The molecule has 0 fully saturated rings. The first-order valence-corrected chi connectivity index (χ1v) is 8.60. The van der Waals surface area contributed by atoms with Gasteiger partial charge >= 0.3 is 0 Å². The molecule has 2 aromatic rings. The number of carbonyl (C=O) groups is 2. The first-order chi connectivity index (χ1) is 12.9. The Morgan fingerprint density at radius 1 is 1.19 bits per heavy atom. The average Bonchev–Trinajstić information content (AvgIpc) is 2.61. The van der Waals surface area contributed by atoms with Gasteiger partial charge in [-0.3, -0.25) is 9.59 Å². The molecule has 0 atom stereocenters. The van der Waals surface area contributed by atoms with Gasteiger partial charge in [0.05, 0.1) is 12.1 Å². The maximum absolute atomic E-state index is 13.5. The second-order valence-electron chi connectivity index (χ2n) is 5.75. The van der Waals surface area contributed by atoms with Gasteiger partial charge in [-0.05, 0) is 30.3 Å². The summed E-state index contributed by atoms with van der Waals surface area (Å²) in [6.45, 7) is 0.676. The predicted octanol–water partition coefficient (Wildman–Crippen LogP) is 3.28. The van der Waals surface area contributed by atoms with Crippen LogP contribution in [0.3, 0.4) is 0 Å². The maximum Gasteiger partial charge on any atom is 0.254 e. The maximum atomic E-state index is 13.5. The molecule has 0 aliphatic rings. The number of hydrogen-bond acceptors (Lipinski definition) is 3. The fourth-order valence-corrected chi connectivity index (χ4v) is 2.40. The van der Waals surface area contributed by atoms with Crippen molar-refractivity contribution >= 4 is 23.4 Å². The summed E-state index contributed by atoms with van der Waals surface area (Å²) in [5, 5.41) is 3.00. The van der Waals surface area contributed by atoms with Crippen LogP contribution in [0.2, 0.25) is 5.02 Å². The summed E-state index contributed by atoms with van der Waals surface area (Å²) in [5.74, 6) is -2.01. The molecule has 1 N–H and O–H groups in total. The molecule has 0 saturated heterocycles. The monoisotopic (exact) mass is 396 g/mol. The van der Waals surface area contributed by atoms with Crippen LogP contribution in [-0.4, -0.2) is 43.5 Å². The summed E-state index contributed by atoms with van der Waals surface area (Å²) in [4.78, 5) is 25.4. The standard InChI is InChI=1S/C19H19ClF2N2O3/c1-24(9-10-27-15-4-2-3-13(20)11-15)18(25)7-8-23-19(26)16-6-5-14(21)12-17(16)22/h2-6,11-12H,7-10H2,1H3,(H,23,26). The Morgan fingerprint density at radius 2 is 1.96 bits per heavy atom. The van der Waals surface area contributed by atoms with Gasteiger partial charge in [-0.15, -0.1) is 0 Å².